The van der Waals surface area contributed by atoms with Gasteiger partial charge in [0.1, 0.15) is 5.82 Å². The van der Waals surface area contributed by atoms with Crippen LogP contribution in [0.3, 0.4) is 0 Å². The topological polar surface area (TPSA) is 55.6 Å². The molecule has 7 heteroatoms. The fourth-order valence-electron chi connectivity index (χ4n) is 1.88. The minimum atomic E-state index is -0.408. The summed E-state index contributed by atoms with van der Waals surface area (Å²) in [7, 11) is 0. The second kappa shape index (κ2) is 6.76. The lowest BCUT2D eigenvalue weighted by molar-refractivity contribution is 0.506. The highest BCUT2D eigenvalue weighted by molar-refractivity contribution is 6.30. The lowest BCUT2D eigenvalue weighted by Gasteiger charge is -2.14. The van der Waals surface area contributed by atoms with Gasteiger partial charge in [-0.05, 0) is 41.5 Å². The Bertz CT molecular complexity index is 572. The highest BCUT2D eigenvalue weighted by Gasteiger charge is 2.10. The number of halogens is 2. The van der Waals surface area contributed by atoms with E-state index in [-0.39, 0.29) is 11.1 Å². The molecule has 1 aromatic heterocycles. The summed E-state index contributed by atoms with van der Waals surface area (Å²) >= 11 is 5.78. The molecule has 0 spiro atoms. The maximum atomic E-state index is 13.1. The Labute approximate surface area is 122 Å². The monoisotopic (exact) mass is 297 g/mol. The Kier molecular flexibility index (Phi) is 5.03. The largest absolute Gasteiger partial charge is 0.303 e. The van der Waals surface area contributed by atoms with Gasteiger partial charge in [0.2, 0.25) is 0 Å². The average molecular weight is 298 g/mol. The van der Waals surface area contributed by atoms with Gasteiger partial charge in [0.25, 0.3) is 0 Å². The van der Waals surface area contributed by atoms with Crippen LogP contribution in [0.2, 0.25) is 5.02 Å². The predicted octanol–water partition coefficient (Wildman–Crippen LogP) is 2.73. The Morgan fingerprint density at radius 1 is 1.45 bits per heavy atom. The first-order valence-electron chi connectivity index (χ1n) is 6.55. The van der Waals surface area contributed by atoms with Crippen LogP contribution in [0.1, 0.15) is 37.7 Å². The Morgan fingerprint density at radius 2 is 2.25 bits per heavy atom. The van der Waals surface area contributed by atoms with Gasteiger partial charge in [0.15, 0.2) is 5.82 Å². The van der Waals surface area contributed by atoms with Crippen molar-refractivity contribution in [2.24, 2.45) is 0 Å². The third-order valence-electron chi connectivity index (χ3n) is 3.05. The number of aromatic nitrogens is 4. The van der Waals surface area contributed by atoms with Crippen molar-refractivity contribution in [3.63, 3.8) is 0 Å². The van der Waals surface area contributed by atoms with Crippen LogP contribution < -0.4 is 5.32 Å². The van der Waals surface area contributed by atoms with Crippen molar-refractivity contribution in [2.45, 2.75) is 39.4 Å². The summed E-state index contributed by atoms with van der Waals surface area (Å²) in [5.41, 5.74) is 0.922. The van der Waals surface area contributed by atoms with Crippen molar-refractivity contribution in [3.8, 4) is 0 Å². The third kappa shape index (κ3) is 3.52. The molecular formula is C13H17ClFN5. The number of nitrogens with one attached hydrogen (secondary N) is 1. The zero-order chi connectivity index (χ0) is 14.5. The second-order valence-electron chi connectivity index (χ2n) is 4.59. The molecule has 0 bridgehead atoms. The van der Waals surface area contributed by atoms with E-state index in [2.05, 4.69) is 27.8 Å². The van der Waals surface area contributed by atoms with Gasteiger partial charge in [-0.3, -0.25) is 0 Å². The molecule has 1 atom stereocenters. The predicted molar refractivity (Wildman–Crippen MR) is 74.8 cm³/mol. The number of aryl methyl sites for hydroxylation is 1. The van der Waals surface area contributed by atoms with E-state index in [1.54, 1.807) is 16.8 Å². The van der Waals surface area contributed by atoms with Gasteiger partial charge in [0, 0.05) is 12.6 Å². The van der Waals surface area contributed by atoms with Crippen molar-refractivity contribution < 1.29 is 4.39 Å². The number of benzene rings is 1. The van der Waals surface area contributed by atoms with Crippen LogP contribution in [-0.2, 0) is 13.1 Å². The van der Waals surface area contributed by atoms with Crippen LogP contribution in [0.4, 0.5) is 4.39 Å². The van der Waals surface area contributed by atoms with Crippen LogP contribution in [-0.4, -0.2) is 20.2 Å². The summed E-state index contributed by atoms with van der Waals surface area (Å²) in [6.45, 7) is 5.39. The number of tetrazole rings is 1. The summed E-state index contributed by atoms with van der Waals surface area (Å²) in [6, 6.07) is 4.74. The number of rotatable bonds is 6. The lowest BCUT2D eigenvalue weighted by atomic mass is 10.1. The van der Waals surface area contributed by atoms with Gasteiger partial charge >= 0.3 is 0 Å². The summed E-state index contributed by atoms with van der Waals surface area (Å²) in [5, 5.41) is 15.0. The minimum absolute atomic E-state index is 0.0277. The van der Waals surface area contributed by atoms with Gasteiger partial charge in [-0.25, -0.2) is 9.07 Å². The van der Waals surface area contributed by atoms with Gasteiger partial charge in [-0.1, -0.05) is 24.6 Å². The molecule has 1 N–H and O–H groups in total. The summed E-state index contributed by atoms with van der Waals surface area (Å²) in [6.07, 6.45) is 0.973. The molecule has 0 aliphatic carbocycles. The van der Waals surface area contributed by atoms with E-state index >= 15 is 0 Å². The molecule has 20 heavy (non-hydrogen) atoms. The zero-order valence-electron chi connectivity index (χ0n) is 11.5. The molecule has 0 aliphatic heterocycles. The number of hydrogen-bond donors (Lipinski definition) is 1. The molecular weight excluding hydrogens is 281 g/mol. The molecule has 1 aromatic carbocycles. The molecule has 0 saturated carbocycles. The molecule has 0 radical (unpaired) electrons. The molecule has 0 amide bonds. The number of nitrogens with zero attached hydrogens (tertiary/aromatic N) is 4. The highest BCUT2D eigenvalue weighted by atomic mass is 35.5. The number of hydrogen-bond acceptors (Lipinski definition) is 4. The summed E-state index contributed by atoms with van der Waals surface area (Å²) in [5.74, 6) is 0.376. The first-order chi connectivity index (χ1) is 9.61. The van der Waals surface area contributed by atoms with E-state index in [0.717, 1.165) is 24.4 Å². The smallest absolute Gasteiger partial charge is 0.165 e. The molecule has 108 valence electrons. The Morgan fingerprint density at radius 3 is 2.95 bits per heavy atom. The van der Waals surface area contributed by atoms with E-state index < -0.39 is 5.82 Å². The molecule has 1 unspecified atom stereocenters. The summed E-state index contributed by atoms with van der Waals surface area (Å²) < 4.78 is 14.9. The van der Waals surface area contributed by atoms with Crippen LogP contribution in [0.15, 0.2) is 18.2 Å². The Balaban J connectivity index is 1.99. The van der Waals surface area contributed by atoms with Crippen molar-refractivity contribution in [1.29, 1.82) is 0 Å². The molecule has 1 heterocycles. The molecule has 0 fully saturated rings. The molecule has 0 aliphatic rings. The van der Waals surface area contributed by atoms with E-state index in [0.29, 0.717) is 6.54 Å². The highest BCUT2D eigenvalue weighted by Crippen LogP contribution is 2.20. The maximum Gasteiger partial charge on any atom is 0.165 e. The SMILES string of the molecule is CCCn1nnnc1CNC(C)c1ccc(F)c(Cl)c1. The minimum Gasteiger partial charge on any atom is -0.303 e. The van der Waals surface area contributed by atoms with E-state index in [9.17, 15) is 4.39 Å². The van der Waals surface area contributed by atoms with Crippen molar-refractivity contribution in [2.75, 3.05) is 0 Å². The van der Waals surface area contributed by atoms with Crippen molar-refractivity contribution in [1.82, 2.24) is 25.5 Å². The third-order valence-corrected chi connectivity index (χ3v) is 3.34. The Hall–Kier alpha value is -1.53. The van der Waals surface area contributed by atoms with E-state index in [1.165, 1.54) is 6.07 Å². The fourth-order valence-corrected chi connectivity index (χ4v) is 2.07. The normalized spacial score (nSPS) is 12.6. The quantitative estimate of drug-likeness (QED) is 0.891. The van der Waals surface area contributed by atoms with Gasteiger partial charge in [-0.2, -0.15) is 0 Å². The van der Waals surface area contributed by atoms with Gasteiger partial charge in [-0.15, -0.1) is 5.10 Å². The van der Waals surface area contributed by atoms with Crippen molar-refractivity contribution in [3.05, 3.63) is 40.4 Å². The summed E-state index contributed by atoms with van der Waals surface area (Å²) in [4.78, 5) is 0. The molecule has 2 rings (SSSR count). The van der Waals surface area contributed by atoms with Crippen LogP contribution in [0.25, 0.3) is 0 Å². The molecule has 5 nitrogen and oxygen atoms in total. The second-order valence-corrected chi connectivity index (χ2v) is 5.00. The van der Waals surface area contributed by atoms with Gasteiger partial charge in [0.05, 0.1) is 11.6 Å². The van der Waals surface area contributed by atoms with Crippen LogP contribution >= 0.6 is 11.6 Å². The van der Waals surface area contributed by atoms with Crippen molar-refractivity contribution >= 4 is 11.6 Å². The van der Waals surface area contributed by atoms with Crippen LogP contribution in [0.5, 0.6) is 0 Å². The molecule has 0 saturated heterocycles. The lowest BCUT2D eigenvalue weighted by Crippen LogP contribution is -2.21. The van der Waals surface area contributed by atoms with E-state index in [4.69, 9.17) is 11.6 Å². The van der Waals surface area contributed by atoms with E-state index in [1.807, 2.05) is 6.92 Å². The zero-order valence-corrected chi connectivity index (χ0v) is 12.2. The standard InChI is InChI=1S/C13H17ClFN5/c1-3-6-20-13(17-18-19-20)8-16-9(2)10-4-5-12(15)11(14)7-10/h4-5,7,9,16H,3,6,8H2,1-2H3. The first-order valence-corrected chi connectivity index (χ1v) is 6.93. The van der Waals surface area contributed by atoms with Gasteiger partial charge < -0.3 is 5.32 Å². The fraction of sp³-hybridized carbons (Fsp3) is 0.462. The molecule has 2 aromatic rings. The van der Waals surface area contributed by atoms with Crippen LogP contribution in [0, 0.1) is 5.82 Å². The maximum absolute atomic E-state index is 13.1. The average Bonchev–Trinajstić information content (AvgIpc) is 2.87. The first kappa shape index (κ1) is 14.9.